The first kappa shape index (κ1) is 15.2. The van der Waals surface area contributed by atoms with Gasteiger partial charge in [0.15, 0.2) is 0 Å². The molecule has 1 aliphatic heterocycles. The summed E-state index contributed by atoms with van der Waals surface area (Å²) in [6, 6.07) is 6.56. The minimum Gasteiger partial charge on any atom is -0.368 e. The molecule has 2 aromatic rings. The number of rotatable bonds is 3. The van der Waals surface area contributed by atoms with Crippen LogP contribution in [-0.4, -0.2) is 46.8 Å². The van der Waals surface area contributed by atoms with Gasteiger partial charge < -0.3 is 9.80 Å². The molecule has 1 aliphatic carbocycles. The third-order valence-corrected chi connectivity index (χ3v) is 5.04. The minimum atomic E-state index is -0.220. The first-order valence-corrected chi connectivity index (χ1v) is 8.39. The van der Waals surface area contributed by atoms with E-state index in [9.17, 15) is 9.18 Å². The molecular weight excluding hydrogens is 307 g/mol. The molecule has 126 valence electrons. The number of anilines is 1. The average Bonchev–Trinajstić information content (AvgIpc) is 3.29. The Kier molecular flexibility index (Phi) is 3.75. The highest BCUT2D eigenvalue weighted by Gasteiger charge is 2.46. The monoisotopic (exact) mass is 328 g/mol. The largest absolute Gasteiger partial charge is 0.368 e. The van der Waals surface area contributed by atoms with Crippen LogP contribution in [0.4, 0.5) is 10.1 Å². The number of benzene rings is 1. The Balaban J connectivity index is 1.33. The van der Waals surface area contributed by atoms with Gasteiger partial charge in [-0.1, -0.05) is 0 Å². The highest BCUT2D eigenvalue weighted by atomic mass is 19.1. The number of aromatic nitrogens is 2. The smallest absolute Gasteiger partial charge is 0.226 e. The molecule has 0 radical (unpaired) electrons. The van der Waals surface area contributed by atoms with E-state index >= 15 is 0 Å². The lowest BCUT2D eigenvalue weighted by molar-refractivity contribution is -0.132. The zero-order valence-corrected chi connectivity index (χ0v) is 13.7. The third kappa shape index (κ3) is 2.88. The number of piperazine rings is 1. The molecule has 2 heterocycles. The van der Waals surface area contributed by atoms with Crippen LogP contribution in [0.3, 0.4) is 0 Å². The number of carbonyl (C=O) groups is 1. The maximum absolute atomic E-state index is 13.0. The van der Waals surface area contributed by atoms with Gasteiger partial charge in [-0.15, -0.1) is 0 Å². The van der Waals surface area contributed by atoms with Crippen molar-refractivity contribution < 1.29 is 9.18 Å². The fraction of sp³-hybridized carbons (Fsp3) is 0.444. The SMILES string of the molecule is Cn1cc(C2CC2C(=O)N2CCN(c3ccc(F)cc3)CC2)cn1. The second-order valence-electron chi connectivity index (χ2n) is 6.68. The Labute approximate surface area is 140 Å². The molecule has 6 heteroatoms. The second kappa shape index (κ2) is 5.92. The molecule has 2 fully saturated rings. The van der Waals surface area contributed by atoms with E-state index in [-0.39, 0.29) is 17.6 Å². The Morgan fingerprint density at radius 1 is 1.17 bits per heavy atom. The van der Waals surface area contributed by atoms with Gasteiger partial charge in [0.1, 0.15) is 5.82 Å². The van der Waals surface area contributed by atoms with Crippen LogP contribution >= 0.6 is 0 Å². The third-order valence-electron chi connectivity index (χ3n) is 5.04. The average molecular weight is 328 g/mol. The summed E-state index contributed by atoms with van der Waals surface area (Å²) in [7, 11) is 1.90. The molecule has 0 N–H and O–H groups in total. The molecule has 1 amide bonds. The molecule has 0 spiro atoms. The maximum Gasteiger partial charge on any atom is 0.226 e. The summed E-state index contributed by atoms with van der Waals surface area (Å²) in [5.41, 5.74) is 2.18. The summed E-state index contributed by atoms with van der Waals surface area (Å²) in [6.45, 7) is 3.04. The molecule has 2 aliphatic rings. The summed E-state index contributed by atoms with van der Waals surface area (Å²) >= 11 is 0. The molecule has 0 bridgehead atoms. The number of aryl methyl sites for hydroxylation is 1. The van der Waals surface area contributed by atoms with Crippen LogP contribution in [0.15, 0.2) is 36.7 Å². The highest BCUT2D eigenvalue weighted by molar-refractivity contribution is 5.83. The van der Waals surface area contributed by atoms with Crippen molar-refractivity contribution in [3.8, 4) is 0 Å². The molecule has 4 rings (SSSR count). The topological polar surface area (TPSA) is 41.4 Å². The Morgan fingerprint density at radius 3 is 2.50 bits per heavy atom. The minimum absolute atomic E-state index is 0.117. The number of amides is 1. The van der Waals surface area contributed by atoms with Crippen molar-refractivity contribution in [2.75, 3.05) is 31.1 Å². The van der Waals surface area contributed by atoms with Crippen LogP contribution in [-0.2, 0) is 11.8 Å². The van der Waals surface area contributed by atoms with E-state index in [0.29, 0.717) is 5.92 Å². The summed E-state index contributed by atoms with van der Waals surface area (Å²) in [5.74, 6) is 0.498. The predicted octanol–water partition coefficient (Wildman–Crippen LogP) is 2.01. The molecule has 2 atom stereocenters. The van der Waals surface area contributed by atoms with Gasteiger partial charge in [0.25, 0.3) is 0 Å². The van der Waals surface area contributed by atoms with E-state index in [0.717, 1.165) is 38.3 Å². The Morgan fingerprint density at radius 2 is 1.88 bits per heavy atom. The van der Waals surface area contributed by atoms with Crippen molar-refractivity contribution >= 4 is 11.6 Å². The summed E-state index contributed by atoms with van der Waals surface area (Å²) in [5, 5.41) is 4.19. The zero-order valence-electron chi connectivity index (χ0n) is 13.7. The molecule has 1 aromatic carbocycles. The van der Waals surface area contributed by atoms with Crippen molar-refractivity contribution in [1.29, 1.82) is 0 Å². The van der Waals surface area contributed by atoms with E-state index < -0.39 is 0 Å². The van der Waals surface area contributed by atoms with Crippen LogP contribution < -0.4 is 4.90 Å². The number of carbonyl (C=O) groups excluding carboxylic acids is 1. The Hall–Kier alpha value is -2.37. The van der Waals surface area contributed by atoms with Gasteiger partial charge in [0, 0.05) is 51.0 Å². The second-order valence-corrected chi connectivity index (χ2v) is 6.68. The van der Waals surface area contributed by atoms with Gasteiger partial charge in [0.05, 0.1) is 6.20 Å². The first-order chi connectivity index (χ1) is 11.6. The molecule has 1 saturated heterocycles. The summed E-state index contributed by atoms with van der Waals surface area (Å²) in [4.78, 5) is 16.8. The normalized spacial score (nSPS) is 23.4. The molecule has 5 nitrogen and oxygen atoms in total. The van der Waals surface area contributed by atoms with Crippen LogP contribution in [0.25, 0.3) is 0 Å². The molecule has 1 aromatic heterocycles. The fourth-order valence-electron chi connectivity index (χ4n) is 3.54. The van der Waals surface area contributed by atoms with Crippen LogP contribution in [0, 0.1) is 11.7 Å². The molecule has 24 heavy (non-hydrogen) atoms. The van der Waals surface area contributed by atoms with Gasteiger partial charge in [-0.25, -0.2) is 4.39 Å². The quantitative estimate of drug-likeness (QED) is 0.865. The first-order valence-electron chi connectivity index (χ1n) is 8.39. The number of hydrogen-bond acceptors (Lipinski definition) is 3. The lowest BCUT2D eigenvalue weighted by Gasteiger charge is -2.36. The standard InChI is InChI=1S/C18H21FN4O/c1-21-12-13(11-20-21)16-10-17(16)18(24)23-8-6-22(7-9-23)15-4-2-14(19)3-5-15/h2-5,11-12,16-17H,6-10H2,1H3. The van der Waals surface area contributed by atoms with Gasteiger partial charge in [0.2, 0.25) is 5.91 Å². The lowest BCUT2D eigenvalue weighted by Crippen LogP contribution is -2.49. The number of hydrogen-bond donors (Lipinski definition) is 0. The van der Waals surface area contributed by atoms with E-state index in [4.69, 9.17) is 0 Å². The van der Waals surface area contributed by atoms with Crippen molar-refractivity contribution in [2.45, 2.75) is 12.3 Å². The fourth-order valence-corrected chi connectivity index (χ4v) is 3.54. The molecule has 2 unspecified atom stereocenters. The maximum atomic E-state index is 13.0. The number of halogens is 1. The molecular formula is C18H21FN4O. The molecule has 1 saturated carbocycles. The highest BCUT2D eigenvalue weighted by Crippen LogP contribution is 2.48. The van der Waals surface area contributed by atoms with Crippen molar-refractivity contribution in [3.63, 3.8) is 0 Å². The van der Waals surface area contributed by atoms with Crippen LogP contribution in [0.5, 0.6) is 0 Å². The zero-order chi connectivity index (χ0) is 16.7. The van der Waals surface area contributed by atoms with E-state index in [1.807, 2.05) is 24.3 Å². The van der Waals surface area contributed by atoms with Gasteiger partial charge in [-0.2, -0.15) is 5.10 Å². The van der Waals surface area contributed by atoms with E-state index in [1.165, 1.54) is 17.7 Å². The van der Waals surface area contributed by atoms with Gasteiger partial charge in [-0.3, -0.25) is 9.48 Å². The Bertz CT molecular complexity index is 734. The van der Waals surface area contributed by atoms with Crippen LogP contribution in [0.2, 0.25) is 0 Å². The van der Waals surface area contributed by atoms with Gasteiger partial charge >= 0.3 is 0 Å². The van der Waals surface area contributed by atoms with Crippen molar-refractivity contribution in [2.24, 2.45) is 13.0 Å². The lowest BCUT2D eigenvalue weighted by atomic mass is 10.1. The van der Waals surface area contributed by atoms with E-state index in [1.54, 1.807) is 16.8 Å². The van der Waals surface area contributed by atoms with Crippen molar-refractivity contribution in [3.05, 3.63) is 48.0 Å². The van der Waals surface area contributed by atoms with Gasteiger partial charge in [-0.05, 0) is 42.2 Å². The summed E-state index contributed by atoms with van der Waals surface area (Å²) in [6.07, 6.45) is 4.80. The summed E-state index contributed by atoms with van der Waals surface area (Å²) < 4.78 is 14.8. The predicted molar refractivity (Wildman–Crippen MR) is 89.2 cm³/mol. The van der Waals surface area contributed by atoms with Crippen molar-refractivity contribution in [1.82, 2.24) is 14.7 Å². The number of nitrogens with zero attached hydrogens (tertiary/aromatic N) is 4. The van der Waals surface area contributed by atoms with E-state index in [2.05, 4.69) is 10.00 Å². The van der Waals surface area contributed by atoms with Crippen LogP contribution in [0.1, 0.15) is 17.9 Å².